The zero-order chi connectivity index (χ0) is 24.4. The molecule has 0 radical (unpaired) electrons. The molecular weight excluding hydrogens is 464 g/mol. The fraction of sp³-hybridized carbons (Fsp3) is 0.160. The van der Waals surface area contributed by atoms with E-state index < -0.39 is 29.0 Å². The number of amides is 1. The quantitative estimate of drug-likeness (QED) is 0.443. The van der Waals surface area contributed by atoms with E-state index in [0.29, 0.717) is 11.1 Å². The predicted molar refractivity (Wildman–Crippen MR) is 126 cm³/mol. The van der Waals surface area contributed by atoms with Gasteiger partial charge in [0.15, 0.2) is 0 Å². The van der Waals surface area contributed by atoms with Crippen molar-refractivity contribution in [1.29, 1.82) is 0 Å². The van der Waals surface area contributed by atoms with Crippen LogP contribution >= 0.6 is 11.6 Å². The van der Waals surface area contributed by atoms with Gasteiger partial charge in [-0.3, -0.25) is 14.2 Å². The first kappa shape index (κ1) is 23.4. The number of nitrogens with one attached hydrogen (secondary N) is 1. The molecule has 1 N–H and O–H groups in total. The van der Waals surface area contributed by atoms with Gasteiger partial charge >= 0.3 is 5.69 Å². The smallest absolute Gasteiger partial charge is 0.336 e. The molecule has 34 heavy (non-hydrogen) atoms. The van der Waals surface area contributed by atoms with Gasteiger partial charge in [-0.2, -0.15) is 0 Å². The van der Waals surface area contributed by atoms with Crippen LogP contribution in [-0.2, 0) is 11.3 Å². The molecule has 1 heterocycles. The van der Waals surface area contributed by atoms with Crippen LogP contribution in [0.4, 0.5) is 8.78 Å². The Morgan fingerprint density at radius 3 is 2.41 bits per heavy atom. The van der Waals surface area contributed by atoms with E-state index in [-0.39, 0.29) is 34.9 Å². The number of fused-ring (bicyclic) bond motifs is 1. The summed E-state index contributed by atoms with van der Waals surface area (Å²) in [5.74, 6) is -1.52. The molecule has 1 aromatic heterocycles. The summed E-state index contributed by atoms with van der Waals surface area (Å²) < 4.78 is 29.0. The molecular formula is C25H20ClF2N3O3. The molecule has 0 aliphatic carbocycles. The second-order valence-electron chi connectivity index (χ2n) is 7.68. The lowest BCUT2D eigenvalue weighted by Gasteiger charge is -2.21. The number of benzene rings is 3. The number of hydrogen-bond acceptors (Lipinski definition) is 3. The third kappa shape index (κ3) is 4.36. The number of carbonyl (C=O) groups excluding carboxylic acids is 1. The fourth-order valence-corrected chi connectivity index (χ4v) is 4.00. The maximum atomic E-state index is 13.7. The van der Waals surface area contributed by atoms with Crippen LogP contribution in [0.25, 0.3) is 16.6 Å². The van der Waals surface area contributed by atoms with Gasteiger partial charge < -0.3 is 5.32 Å². The molecule has 1 amide bonds. The molecule has 0 spiro atoms. The van der Waals surface area contributed by atoms with Crippen molar-refractivity contribution in [3.05, 3.63) is 110 Å². The number of hydrogen-bond donors (Lipinski definition) is 1. The predicted octanol–water partition coefficient (Wildman–Crippen LogP) is 4.35. The minimum atomic E-state index is -0.944. The molecule has 9 heteroatoms. The fourth-order valence-electron chi connectivity index (χ4n) is 3.83. The van der Waals surface area contributed by atoms with Gasteiger partial charge in [0.2, 0.25) is 5.91 Å². The highest BCUT2D eigenvalue weighted by Crippen LogP contribution is 2.20. The largest absolute Gasteiger partial charge is 0.350 e. The van der Waals surface area contributed by atoms with Crippen LogP contribution in [-0.4, -0.2) is 15.0 Å². The minimum absolute atomic E-state index is 0.0856. The van der Waals surface area contributed by atoms with Crippen molar-refractivity contribution in [3.63, 3.8) is 0 Å². The van der Waals surface area contributed by atoms with Crippen LogP contribution in [0.15, 0.2) is 76.3 Å². The maximum Gasteiger partial charge on any atom is 0.336 e. The van der Waals surface area contributed by atoms with E-state index in [0.717, 1.165) is 10.6 Å². The first-order valence-electron chi connectivity index (χ1n) is 10.6. The first-order chi connectivity index (χ1) is 16.3. The topological polar surface area (TPSA) is 73.1 Å². The Balaban J connectivity index is 1.83. The number of para-hydroxylation sites is 1. The second-order valence-corrected chi connectivity index (χ2v) is 8.08. The van der Waals surface area contributed by atoms with Crippen LogP contribution in [0.1, 0.15) is 24.9 Å². The van der Waals surface area contributed by atoms with Crippen molar-refractivity contribution in [3.8, 4) is 5.69 Å². The zero-order valence-electron chi connectivity index (χ0n) is 18.1. The lowest BCUT2D eigenvalue weighted by atomic mass is 10.1. The Morgan fingerprint density at radius 2 is 1.74 bits per heavy atom. The van der Waals surface area contributed by atoms with Crippen LogP contribution in [0, 0.1) is 11.6 Å². The van der Waals surface area contributed by atoms with Crippen molar-refractivity contribution in [2.24, 2.45) is 0 Å². The summed E-state index contributed by atoms with van der Waals surface area (Å²) in [6, 6.07) is 14.7. The molecule has 4 rings (SSSR count). The molecule has 4 aromatic rings. The summed E-state index contributed by atoms with van der Waals surface area (Å²) >= 11 is 5.89. The monoisotopic (exact) mass is 483 g/mol. The first-order valence-corrected chi connectivity index (χ1v) is 10.9. The maximum absolute atomic E-state index is 13.7. The summed E-state index contributed by atoms with van der Waals surface area (Å²) in [6.45, 7) is 1.88. The minimum Gasteiger partial charge on any atom is -0.350 e. The zero-order valence-corrected chi connectivity index (χ0v) is 18.9. The Morgan fingerprint density at radius 1 is 1.03 bits per heavy atom. The molecule has 1 atom stereocenters. The van der Waals surface area contributed by atoms with E-state index in [1.165, 1.54) is 28.8 Å². The van der Waals surface area contributed by atoms with E-state index in [4.69, 9.17) is 11.6 Å². The Labute approximate surface area is 198 Å². The van der Waals surface area contributed by atoms with E-state index in [9.17, 15) is 23.2 Å². The molecule has 0 fully saturated rings. The van der Waals surface area contributed by atoms with E-state index in [1.807, 2.05) is 0 Å². The lowest BCUT2D eigenvalue weighted by Crippen LogP contribution is -2.44. The van der Waals surface area contributed by atoms with Gasteiger partial charge in [0.1, 0.15) is 17.7 Å². The van der Waals surface area contributed by atoms with Crippen molar-refractivity contribution in [2.75, 3.05) is 0 Å². The summed E-state index contributed by atoms with van der Waals surface area (Å²) in [7, 11) is 0. The number of aromatic nitrogens is 2. The van der Waals surface area contributed by atoms with Crippen LogP contribution in [0.3, 0.4) is 0 Å². The van der Waals surface area contributed by atoms with Crippen molar-refractivity contribution in [1.82, 2.24) is 14.5 Å². The molecule has 0 bridgehead atoms. The number of rotatable bonds is 6. The second kappa shape index (κ2) is 9.61. The Kier molecular flexibility index (Phi) is 6.61. The number of nitrogens with zero attached hydrogens (tertiary/aromatic N) is 2. The normalized spacial score (nSPS) is 12.0. The van der Waals surface area contributed by atoms with Crippen LogP contribution in [0.2, 0.25) is 5.02 Å². The highest BCUT2D eigenvalue weighted by Gasteiger charge is 2.25. The van der Waals surface area contributed by atoms with E-state index in [2.05, 4.69) is 5.32 Å². The molecule has 0 saturated carbocycles. The summed E-state index contributed by atoms with van der Waals surface area (Å²) in [5.41, 5.74) is -0.294. The molecule has 6 nitrogen and oxygen atoms in total. The summed E-state index contributed by atoms with van der Waals surface area (Å²) in [5, 5.41) is 2.74. The number of halogens is 3. The highest BCUT2D eigenvalue weighted by molar-refractivity contribution is 6.30. The summed E-state index contributed by atoms with van der Waals surface area (Å²) in [6.07, 6.45) is 0.252. The standard InChI is InChI=1S/C25H20ClF2N3O3/c1-2-21(23(32)29-14-15-7-9-16(27)10-8-15)31-22-6-4-3-5-18(22)24(33)30(25(31)34)17-11-12-20(28)19(26)13-17/h3-13,21H,2,14H2,1H3,(H,29,32). The molecule has 174 valence electrons. The van der Waals surface area contributed by atoms with E-state index >= 15 is 0 Å². The van der Waals surface area contributed by atoms with Gasteiger partial charge in [-0.05, 0) is 54.4 Å². The average molecular weight is 484 g/mol. The van der Waals surface area contributed by atoms with Crippen LogP contribution in [0.5, 0.6) is 0 Å². The van der Waals surface area contributed by atoms with Crippen molar-refractivity contribution < 1.29 is 13.6 Å². The molecule has 1 unspecified atom stereocenters. The van der Waals surface area contributed by atoms with Crippen LogP contribution < -0.4 is 16.6 Å². The summed E-state index contributed by atoms with van der Waals surface area (Å²) in [4.78, 5) is 39.9. The van der Waals surface area contributed by atoms with Gasteiger partial charge in [0.25, 0.3) is 5.56 Å². The van der Waals surface area contributed by atoms with E-state index in [1.54, 1.807) is 43.3 Å². The van der Waals surface area contributed by atoms with Crippen molar-refractivity contribution >= 4 is 28.4 Å². The van der Waals surface area contributed by atoms with Gasteiger partial charge in [0.05, 0.1) is 21.6 Å². The lowest BCUT2D eigenvalue weighted by molar-refractivity contribution is -0.124. The van der Waals surface area contributed by atoms with Gasteiger partial charge in [-0.1, -0.05) is 42.8 Å². The van der Waals surface area contributed by atoms with Gasteiger partial charge in [0, 0.05) is 6.54 Å². The highest BCUT2D eigenvalue weighted by atomic mass is 35.5. The van der Waals surface area contributed by atoms with Gasteiger partial charge in [-0.25, -0.2) is 18.1 Å². The number of carbonyl (C=O) groups is 1. The Hall–Kier alpha value is -3.78. The SMILES string of the molecule is CCC(C(=O)NCc1ccc(F)cc1)n1c(=O)n(-c2ccc(F)c(Cl)c2)c(=O)c2ccccc21. The molecule has 0 saturated heterocycles. The average Bonchev–Trinajstić information content (AvgIpc) is 2.83. The molecule has 0 aliphatic rings. The Bertz CT molecular complexity index is 1500. The molecule has 3 aromatic carbocycles. The van der Waals surface area contributed by atoms with Gasteiger partial charge in [-0.15, -0.1) is 0 Å². The van der Waals surface area contributed by atoms with Crippen molar-refractivity contribution in [2.45, 2.75) is 25.9 Å². The molecule has 0 aliphatic heterocycles. The third-order valence-electron chi connectivity index (χ3n) is 5.54. The third-order valence-corrected chi connectivity index (χ3v) is 5.83.